The van der Waals surface area contributed by atoms with Crippen molar-refractivity contribution >= 4 is 11.6 Å². The minimum atomic E-state index is -0.298. The highest BCUT2D eigenvalue weighted by Gasteiger charge is 2.08. The Balaban J connectivity index is 2.51. The standard InChI is InChI=1S/C13H20ClNO2/c1-3-5-10(16)8-15-9-11-12(14)6-4-7-13(11)17-2/h4,6-7,10,15-16H,3,5,8-9H2,1-2H3. The van der Waals surface area contributed by atoms with Gasteiger partial charge in [-0.2, -0.15) is 0 Å². The fraction of sp³-hybridized carbons (Fsp3) is 0.538. The zero-order valence-corrected chi connectivity index (χ0v) is 11.1. The SMILES string of the molecule is CCCC(O)CNCc1c(Cl)cccc1OC. The Labute approximate surface area is 108 Å². The third kappa shape index (κ3) is 4.54. The highest BCUT2D eigenvalue weighted by molar-refractivity contribution is 6.31. The van der Waals surface area contributed by atoms with E-state index in [-0.39, 0.29) is 6.10 Å². The van der Waals surface area contributed by atoms with Crippen LogP contribution >= 0.6 is 11.6 Å². The van der Waals surface area contributed by atoms with E-state index in [1.165, 1.54) is 0 Å². The first-order valence-corrected chi connectivity index (χ1v) is 6.27. The van der Waals surface area contributed by atoms with Crippen molar-refractivity contribution in [1.82, 2.24) is 5.32 Å². The lowest BCUT2D eigenvalue weighted by Crippen LogP contribution is -2.26. The van der Waals surface area contributed by atoms with Crippen LogP contribution in [-0.2, 0) is 6.54 Å². The molecule has 0 radical (unpaired) electrons. The summed E-state index contributed by atoms with van der Waals surface area (Å²) in [5, 5.41) is 13.5. The molecule has 0 aromatic heterocycles. The zero-order valence-electron chi connectivity index (χ0n) is 10.4. The molecule has 0 aliphatic carbocycles. The van der Waals surface area contributed by atoms with Gasteiger partial charge in [0.05, 0.1) is 13.2 Å². The van der Waals surface area contributed by atoms with Crippen LogP contribution in [0.5, 0.6) is 5.75 Å². The summed E-state index contributed by atoms with van der Waals surface area (Å²) in [4.78, 5) is 0. The molecular formula is C13H20ClNO2. The van der Waals surface area contributed by atoms with Crippen LogP contribution in [0, 0.1) is 0 Å². The van der Waals surface area contributed by atoms with E-state index in [0.717, 1.165) is 24.2 Å². The molecule has 0 heterocycles. The second-order valence-corrected chi connectivity index (χ2v) is 4.40. The van der Waals surface area contributed by atoms with Gasteiger partial charge in [0, 0.05) is 23.7 Å². The van der Waals surface area contributed by atoms with Crippen molar-refractivity contribution in [3.05, 3.63) is 28.8 Å². The highest BCUT2D eigenvalue weighted by atomic mass is 35.5. The molecule has 1 rings (SSSR count). The van der Waals surface area contributed by atoms with Gasteiger partial charge < -0.3 is 15.2 Å². The molecule has 3 nitrogen and oxygen atoms in total. The minimum absolute atomic E-state index is 0.298. The monoisotopic (exact) mass is 257 g/mol. The number of benzene rings is 1. The number of halogens is 1. The van der Waals surface area contributed by atoms with E-state index in [0.29, 0.717) is 18.1 Å². The molecule has 0 spiro atoms. The predicted octanol–water partition coefficient (Wildman–Crippen LogP) is 2.60. The summed E-state index contributed by atoms with van der Waals surface area (Å²) in [6.07, 6.45) is 1.50. The number of aliphatic hydroxyl groups excluding tert-OH is 1. The molecule has 2 N–H and O–H groups in total. The molecule has 0 aliphatic heterocycles. The summed E-state index contributed by atoms with van der Waals surface area (Å²) in [5.41, 5.74) is 0.931. The summed E-state index contributed by atoms with van der Waals surface area (Å²) < 4.78 is 5.24. The first-order chi connectivity index (χ1) is 8.19. The summed E-state index contributed by atoms with van der Waals surface area (Å²) >= 11 is 6.10. The number of hydrogen-bond acceptors (Lipinski definition) is 3. The number of rotatable bonds is 7. The molecule has 0 saturated carbocycles. The number of ether oxygens (including phenoxy) is 1. The maximum absolute atomic E-state index is 9.60. The van der Waals surface area contributed by atoms with Crippen molar-refractivity contribution < 1.29 is 9.84 Å². The van der Waals surface area contributed by atoms with E-state index >= 15 is 0 Å². The summed E-state index contributed by atoms with van der Waals surface area (Å²) in [7, 11) is 1.63. The van der Waals surface area contributed by atoms with E-state index in [1.807, 2.05) is 18.2 Å². The minimum Gasteiger partial charge on any atom is -0.496 e. The number of methoxy groups -OCH3 is 1. The Bertz CT molecular complexity index is 344. The smallest absolute Gasteiger partial charge is 0.124 e. The third-order valence-electron chi connectivity index (χ3n) is 2.60. The van der Waals surface area contributed by atoms with Gasteiger partial charge in [-0.05, 0) is 18.6 Å². The topological polar surface area (TPSA) is 41.5 Å². The van der Waals surface area contributed by atoms with Gasteiger partial charge in [-0.1, -0.05) is 31.0 Å². The molecule has 0 bridgehead atoms. The normalized spacial score (nSPS) is 12.5. The van der Waals surface area contributed by atoms with Crippen LogP contribution in [0.4, 0.5) is 0 Å². The molecule has 17 heavy (non-hydrogen) atoms. The van der Waals surface area contributed by atoms with Crippen LogP contribution in [0.1, 0.15) is 25.3 Å². The maximum atomic E-state index is 9.60. The van der Waals surface area contributed by atoms with E-state index in [2.05, 4.69) is 12.2 Å². The molecule has 0 aliphatic rings. The number of aliphatic hydroxyl groups is 1. The largest absolute Gasteiger partial charge is 0.496 e. The van der Waals surface area contributed by atoms with Crippen molar-refractivity contribution in [3.8, 4) is 5.75 Å². The van der Waals surface area contributed by atoms with Crippen molar-refractivity contribution in [2.75, 3.05) is 13.7 Å². The predicted molar refractivity (Wildman–Crippen MR) is 70.6 cm³/mol. The van der Waals surface area contributed by atoms with Gasteiger partial charge in [-0.25, -0.2) is 0 Å². The number of hydrogen-bond donors (Lipinski definition) is 2. The van der Waals surface area contributed by atoms with E-state index in [4.69, 9.17) is 16.3 Å². The third-order valence-corrected chi connectivity index (χ3v) is 2.95. The molecule has 0 amide bonds. The Morgan fingerprint density at radius 2 is 2.24 bits per heavy atom. The lowest BCUT2D eigenvalue weighted by molar-refractivity contribution is 0.160. The summed E-state index contributed by atoms with van der Waals surface area (Å²) in [6, 6.07) is 5.57. The van der Waals surface area contributed by atoms with Gasteiger partial charge in [-0.15, -0.1) is 0 Å². The molecule has 1 aromatic rings. The molecule has 1 atom stereocenters. The fourth-order valence-corrected chi connectivity index (χ4v) is 1.93. The Morgan fingerprint density at radius 1 is 1.47 bits per heavy atom. The molecule has 1 unspecified atom stereocenters. The van der Waals surface area contributed by atoms with Gasteiger partial charge in [0.15, 0.2) is 0 Å². The first kappa shape index (κ1) is 14.3. The molecule has 0 fully saturated rings. The van der Waals surface area contributed by atoms with Gasteiger partial charge >= 0.3 is 0 Å². The first-order valence-electron chi connectivity index (χ1n) is 5.89. The van der Waals surface area contributed by atoms with Crippen molar-refractivity contribution in [1.29, 1.82) is 0 Å². The summed E-state index contributed by atoms with van der Waals surface area (Å²) in [6.45, 7) is 3.23. The second-order valence-electron chi connectivity index (χ2n) is 3.99. The summed E-state index contributed by atoms with van der Waals surface area (Å²) in [5.74, 6) is 0.773. The quantitative estimate of drug-likeness (QED) is 0.789. The average molecular weight is 258 g/mol. The maximum Gasteiger partial charge on any atom is 0.124 e. The van der Waals surface area contributed by atoms with Crippen LogP contribution < -0.4 is 10.1 Å². The van der Waals surface area contributed by atoms with E-state index in [9.17, 15) is 5.11 Å². The van der Waals surface area contributed by atoms with Crippen molar-refractivity contribution in [2.24, 2.45) is 0 Å². The van der Waals surface area contributed by atoms with Crippen molar-refractivity contribution in [2.45, 2.75) is 32.4 Å². The lowest BCUT2D eigenvalue weighted by Gasteiger charge is -2.13. The lowest BCUT2D eigenvalue weighted by atomic mass is 10.2. The molecular weight excluding hydrogens is 238 g/mol. The average Bonchev–Trinajstić information content (AvgIpc) is 2.31. The van der Waals surface area contributed by atoms with Gasteiger partial charge in [0.2, 0.25) is 0 Å². The second kappa shape index (κ2) is 7.54. The fourth-order valence-electron chi connectivity index (χ4n) is 1.70. The molecule has 96 valence electrons. The van der Waals surface area contributed by atoms with Crippen LogP contribution in [-0.4, -0.2) is 24.9 Å². The molecule has 4 heteroatoms. The molecule has 0 saturated heterocycles. The van der Waals surface area contributed by atoms with Gasteiger partial charge in [0.25, 0.3) is 0 Å². The van der Waals surface area contributed by atoms with Crippen LogP contribution in [0.2, 0.25) is 5.02 Å². The molecule has 1 aromatic carbocycles. The van der Waals surface area contributed by atoms with Gasteiger partial charge in [-0.3, -0.25) is 0 Å². The Morgan fingerprint density at radius 3 is 2.88 bits per heavy atom. The van der Waals surface area contributed by atoms with E-state index in [1.54, 1.807) is 7.11 Å². The van der Waals surface area contributed by atoms with Gasteiger partial charge in [0.1, 0.15) is 5.75 Å². The Hall–Kier alpha value is -0.770. The zero-order chi connectivity index (χ0) is 12.7. The van der Waals surface area contributed by atoms with E-state index < -0.39 is 0 Å². The van der Waals surface area contributed by atoms with Crippen LogP contribution in [0.15, 0.2) is 18.2 Å². The van der Waals surface area contributed by atoms with Crippen molar-refractivity contribution in [3.63, 3.8) is 0 Å². The number of nitrogens with one attached hydrogen (secondary N) is 1. The Kier molecular flexibility index (Phi) is 6.34. The highest BCUT2D eigenvalue weighted by Crippen LogP contribution is 2.25. The van der Waals surface area contributed by atoms with Crippen LogP contribution in [0.25, 0.3) is 0 Å². The van der Waals surface area contributed by atoms with Crippen LogP contribution in [0.3, 0.4) is 0 Å².